The van der Waals surface area contributed by atoms with Crippen LogP contribution in [0.2, 0.25) is 0 Å². The summed E-state index contributed by atoms with van der Waals surface area (Å²) in [5, 5.41) is 0. The molecule has 2 aromatic carbocycles. The fraction of sp³-hybridized carbons (Fsp3) is 0.435. The first-order valence-corrected chi connectivity index (χ1v) is 10.0. The summed E-state index contributed by atoms with van der Waals surface area (Å²) < 4.78 is 11.6. The maximum absolute atomic E-state index is 12.3. The average Bonchev–Trinajstić information content (AvgIpc) is 2.67. The normalized spacial score (nSPS) is 16.8. The second-order valence-electron chi connectivity index (χ2n) is 8.56. The van der Waals surface area contributed by atoms with Gasteiger partial charge in [-0.25, -0.2) is 4.79 Å². The number of likely N-dealkylation sites (tertiary alicyclic amines) is 1. The molecule has 2 aliphatic heterocycles. The first kappa shape index (κ1) is 18.7. The maximum atomic E-state index is 12.3. The van der Waals surface area contributed by atoms with E-state index in [9.17, 15) is 4.79 Å². The van der Waals surface area contributed by atoms with Gasteiger partial charge in [0.05, 0.1) is 11.4 Å². The number of carbonyl (C=O) groups excluding carboxylic acids is 1. The van der Waals surface area contributed by atoms with Gasteiger partial charge in [0.25, 0.3) is 0 Å². The molecule has 28 heavy (non-hydrogen) atoms. The van der Waals surface area contributed by atoms with Gasteiger partial charge in [-0.1, -0.05) is 24.3 Å². The number of anilines is 2. The van der Waals surface area contributed by atoms with Gasteiger partial charge in [0, 0.05) is 19.6 Å². The summed E-state index contributed by atoms with van der Waals surface area (Å²) in [6, 6.07) is 16.4. The Labute approximate surface area is 166 Å². The van der Waals surface area contributed by atoms with Crippen LogP contribution in [0.4, 0.5) is 16.2 Å². The smallest absolute Gasteiger partial charge is 0.410 e. The van der Waals surface area contributed by atoms with E-state index in [-0.39, 0.29) is 6.09 Å². The number of para-hydroxylation sites is 4. The van der Waals surface area contributed by atoms with Crippen LogP contribution in [-0.4, -0.2) is 36.2 Å². The zero-order valence-electron chi connectivity index (χ0n) is 16.9. The van der Waals surface area contributed by atoms with Crippen LogP contribution in [0, 0.1) is 5.92 Å². The van der Waals surface area contributed by atoms with Crippen molar-refractivity contribution >= 4 is 17.5 Å². The SMILES string of the molecule is CC(C)(C)OC(=O)N1CCC(CN2c3ccccc3Oc3ccccc32)CC1. The molecule has 2 heterocycles. The molecule has 2 aromatic rings. The van der Waals surface area contributed by atoms with Crippen LogP contribution >= 0.6 is 0 Å². The van der Waals surface area contributed by atoms with Crippen LogP contribution in [0.15, 0.2) is 48.5 Å². The lowest BCUT2D eigenvalue weighted by atomic mass is 9.95. The molecular weight excluding hydrogens is 352 g/mol. The number of benzene rings is 2. The summed E-state index contributed by atoms with van der Waals surface area (Å²) in [7, 11) is 0. The van der Waals surface area contributed by atoms with Gasteiger partial charge in [-0.3, -0.25) is 0 Å². The highest BCUT2D eigenvalue weighted by Crippen LogP contribution is 2.46. The standard InChI is InChI=1S/C23H28N2O3/c1-23(2,3)28-22(26)24-14-12-17(13-15-24)16-25-18-8-4-6-10-20(18)27-21-11-7-5-9-19(21)25/h4-11,17H,12-16H2,1-3H3. The molecule has 5 heteroatoms. The van der Waals surface area contributed by atoms with Gasteiger partial charge < -0.3 is 19.3 Å². The quantitative estimate of drug-likeness (QED) is 0.682. The van der Waals surface area contributed by atoms with Gasteiger partial charge in [-0.15, -0.1) is 0 Å². The topological polar surface area (TPSA) is 42.0 Å². The minimum absolute atomic E-state index is 0.201. The molecule has 148 valence electrons. The van der Waals surface area contributed by atoms with Crippen molar-refractivity contribution in [2.45, 2.75) is 39.2 Å². The molecule has 1 saturated heterocycles. The van der Waals surface area contributed by atoms with Gasteiger partial charge in [-0.2, -0.15) is 0 Å². The lowest BCUT2D eigenvalue weighted by molar-refractivity contribution is 0.0187. The molecule has 0 aromatic heterocycles. The second-order valence-corrected chi connectivity index (χ2v) is 8.56. The van der Waals surface area contributed by atoms with E-state index >= 15 is 0 Å². The molecule has 1 fully saturated rings. The Morgan fingerprint density at radius 3 is 2.07 bits per heavy atom. The Hall–Kier alpha value is -2.69. The van der Waals surface area contributed by atoms with E-state index in [1.807, 2.05) is 62.1 Å². The lowest BCUT2D eigenvalue weighted by Crippen LogP contribution is -2.43. The largest absolute Gasteiger partial charge is 0.453 e. The minimum atomic E-state index is -0.449. The number of nitrogens with zero attached hydrogens (tertiary/aromatic N) is 2. The molecule has 0 saturated carbocycles. The van der Waals surface area contributed by atoms with Crippen LogP contribution in [0.5, 0.6) is 11.5 Å². The van der Waals surface area contributed by atoms with Crippen LogP contribution in [0.25, 0.3) is 0 Å². The fourth-order valence-corrected chi connectivity index (χ4v) is 3.86. The summed E-state index contributed by atoms with van der Waals surface area (Å²) in [6.07, 6.45) is 1.75. The molecule has 4 rings (SSSR count). The van der Waals surface area contributed by atoms with E-state index in [0.717, 1.165) is 55.3 Å². The van der Waals surface area contributed by atoms with Crippen molar-refractivity contribution < 1.29 is 14.3 Å². The van der Waals surface area contributed by atoms with E-state index in [1.54, 1.807) is 0 Å². The van der Waals surface area contributed by atoms with Crippen LogP contribution in [-0.2, 0) is 4.74 Å². The summed E-state index contributed by atoms with van der Waals surface area (Å²) in [6.45, 7) is 8.13. The summed E-state index contributed by atoms with van der Waals surface area (Å²) in [5.74, 6) is 2.30. The Morgan fingerprint density at radius 2 is 1.54 bits per heavy atom. The molecular formula is C23H28N2O3. The van der Waals surface area contributed by atoms with Crippen molar-refractivity contribution in [3.8, 4) is 11.5 Å². The van der Waals surface area contributed by atoms with Crippen molar-refractivity contribution in [1.29, 1.82) is 0 Å². The molecule has 0 aliphatic carbocycles. The van der Waals surface area contributed by atoms with E-state index < -0.39 is 5.60 Å². The van der Waals surface area contributed by atoms with Gasteiger partial charge >= 0.3 is 6.09 Å². The van der Waals surface area contributed by atoms with Gasteiger partial charge in [0.2, 0.25) is 0 Å². The van der Waals surface area contributed by atoms with Crippen molar-refractivity contribution in [3.63, 3.8) is 0 Å². The number of carbonyl (C=O) groups is 1. The first-order valence-electron chi connectivity index (χ1n) is 10.0. The zero-order chi connectivity index (χ0) is 19.7. The third kappa shape index (κ3) is 3.93. The van der Waals surface area contributed by atoms with E-state index in [0.29, 0.717) is 5.92 Å². The number of hydrogen-bond donors (Lipinski definition) is 0. The fourth-order valence-electron chi connectivity index (χ4n) is 3.86. The van der Waals surface area contributed by atoms with Crippen LogP contribution in [0.3, 0.4) is 0 Å². The van der Waals surface area contributed by atoms with Crippen molar-refractivity contribution in [3.05, 3.63) is 48.5 Å². The van der Waals surface area contributed by atoms with Crippen LogP contribution < -0.4 is 9.64 Å². The Kier molecular flexibility index (Phi) is 4.92. The number of fused-ring (bicyclic) bond motifs is 2. The summed E-state index contributed by atoms with van der Waals surface area (Å²) in [4.78, 5) is 16.5. The molecule has 0 unspecified atom stereocenters. The highest BCUT2D eigenvalue weighted by molar-refractivity contribution is 5.77. The van der Waals surface area contributed by atoms with Gasteiger partial charge in [-0.05, 0) is 63.8 Å². The van der Waals surface area contributed by atoms with E-state index in [4.69, 9.17) is 9.47 Å². The minimum Gasteiger partial charge on any atom is -0.453 e. The number of ether oxygens (including phenoxy) is 2. The Morgan fingerprint density at radius 1 is 1.00 bits per heavy atom. The molecule has 5 nitrogen and oxygen atoms in total. The molecule has 0 spiro atoms. The van der Waals surface area contributed by atoms with E-state index in [1.165, 1.54) is 0 Å². The number of amides is 1. The van der Waals surface area contributed by atoms with Gasteiger partial charge in [0.1, 0.15) is 5.60 Å². The zero-order valence-corrected chi connectivity index (χ0v) is 16.9. The van der Waals surface area contributed by atoms with Crippen molar-refractivity contribution in [2.75, 3.05) is 24.5 Å². The first-order chi connectivity index (χ1) is 13.4. The Balaban J connectivity index is 1.45. The highest BCUT2D eigenvalue weighted by Gasteiger charge is 2.30. The Bertz CT molecular complexity index is 805. The molecule has 0 N–H and O–H groups in total. The monoisotopic (exact) mass is 380 g/mol. The molecule has 1 amide bonds. The van der Waals surface area contributed by atoms with Gasteiger partial charge in [0.15, 0.2) is 11.5 Å². The molecule has 2 aliphatic rings. The second kappa shape index (κ2) is 7.38. The predicted molar refractivity (Wildman–Crippen MR) is 110 cm³/mol. The molecule has 0 bridgehead atoms. The summed E-state index contributed by atoms with van der Waals surface area (Å²) in [5.41, 5.74) is 1.77. The van der Waals surface area contributed by atoms with E-state index in [2.05, 4.69) is 17.0 Å². The van der Waals surface area contributed by atoms with Crippen molar-refractivity contribution in [1.82, 2.24) is 4.90 Å². The van der Waals surface area contributed by atoms with Crippen molar-refractivity contribution in [2.24, 2.45) is 5.92 Å². The van der Waals surface area contributed by atoms with Crippen LogP contribution in [0.1, 0.15) is 33.6 Å². The number of piperidine rings is 1. The summed E-state index contributed by atoms with van der Waals surface area (Å²) >= 11 is 0. The predicted octanol–water partition coefficient (Wildman–Crippen LogP) is 5.58. The molecule has 0 radical (unpaired) electrons. The third-order valence-electron chi connectivity index (χ3n) is 5.24. The number of rotatable bonds is 2. The highest BCUT2D eigenvalue weighted by atomic mass is 16.6. The average molecular weight is 380 g/mol. The maximum Gasteiger partial charge on any atom is 0.410 e. The molecule has 0 atom stereocenters. The number of hydrogen-bond acceptors (Lipinski definition) is 4. The lowest BCUT2D eigenvalue weighted by Gasteiger charge is -2.38. The third-order valence-corrected chi connectivity index (χ3v) is 5.24.